The number of hydrogen-bond acceptors (Lipinski definition) is 3. The summed E-state index contributed by atoms with van der Waals surface area (Å²) in [5.41, 5.74) is 6.99. The summed E-state index contributed by atoms with van der Waals surface area (Å²) in [6.07, 6.45) is 5.67. The Morgan fingerprint density at radius 2 is 1.67 bits per heavy atom. The van der Waals surface area contributed by atoms with Gasteiger partial charge in [0.2, 0.25) is 0 Å². The predicted molar refractivity (Wildman–Crippen MR) is 134 cm³/mol. The molecule has 1 amide bonds. The number of amides is 1. The van der Waals surface area contributed by atoms with Crippen molar-refractivity contribution in [3.05, 3.63) is 118 Å². The normalized spacial score (nSPS) is 10.8. The molecular formula is C29H29NO3. The van der Waals surface area contributed by atoms with Crippen LogP contribution in [0.3, 0.4) is 0 Å². The second-order valence-corrected chi connectivity index (χ2v) is 7.94. The van der Waals surface area contributed by atoms with Crippen LogP contribution in [0.4, 0.5) is 0 Å². The minimum atomic E-state index is -0.330. The predicted octanol–water partition coefficient (Wildman–Crippen LogP) is 6.27. The maximum absolute atomic E-state index is 12.6. The van der Waals surface area contributed by atoms with Crippen LogP contribution in [0.15, 0.2) is 73.3 Å². The zero-order valence-electron chi connectivity index (χ0n) is 19.4. The van der Waals surface area contributed by atoms with Gasteiger partial charge in [-0.3, -0.25) is 4.79 Å². The number of benzene rings is 3. The molecule has 0 spiro atoms. The smallest absolute Gasteiger partial charge is 0.338 e. The highest BCUT2D eigenvalue weighted by Crippen LogP contribution is 2.16. The molecule has 0 bridgehead atoms. The van der Waals surface area contributed by atoms with Gasteiger partial charge in [0.05, 0.1) is 5.56 Å². The Morgan fingerprint density at radius 1 is 0.939 bits per heavy atom. The molecule has 168 valence electrons. The molecule has 3 aromatic rings. The number of allylic oxidation sites excluding steroid dienone is 1. The topological polar surface area (TPSA) is 55.4 Å². The number of carbonyl (C=O) groups is 2. The first-order chi connectivity index (χ1) is 15.9. The summed E-state index contributed by atoms with van der Waals surface area (Å²) in [4.78, 5) is 24.9. The van der Waals surface area contributed by atoms with Gasteiger partial charge in [-0.2, -0.15) is 0 Å². The van der Waals surface area contributed by atoms with E-state index in [4.69, 9.17) is 4.74 Å². The largest absolute Gasteiger partial charge is 0.457 e. The molecule has 4 nitrogen and oxygen atoms in total. The number of nitrogens with one attached hydrogen (secondary N) is 1. The maximum Gasteiger partial charge on any atom is 0.338 e. The summed E-state index contributed by atoms with van der Waals surface area (Å²) in [6.45, 7) is 10.3. The second kappa shape index (κ2) is 11.1. The van der Waals surface area contributed by atoms with Crippen LogP contribution in [-0.2, 0) is 17.9 Å². The fourth-order valence-corrected chi connectivity index (χ4v) is 3.53. The molecule has 0 radical (unpaired) electrons. The highest BCUT2D eigenvalue weighted by atomic mass is 16.5. The molecule has 0 aliphatic heterocycles. The summed E-state index contributed by atoms with van der Waals surface area (Å²) in [6, 6.07) is 18.9. The van der Waals surface area contributed by atoms with E-state index in [0.717, 1.165) is 33.4 Å². The maximum atomic E-state index is 12.6. The summed E-state index contributed by atoms with van der Waals surface area (Å²) < 4.78 is 5.46. The summed E-state index contributed by atoms with van der Waals surface area (Å²) in [5.74, 6) is -0.466. The van der Waals surface area contributed by atoms with E-state index in [1.54, 1.807) is 18.2 Å². The lowest BCUT2D eigenvalue weighted by Crippen LogP contribution is -2.22. The molecule has 0 aliphatic carbocycles. The van der Waals surface area contributed by atoms with Gasteiger partial charge in [0.25, 0.3) is 5.91 Å². The number of hydrogen-bond donors (Lipinski definition) is 1. The average molecular weight is 440 g/mol. The lowest BCUT2D eigenvalue weighted by molar-refractivity contribution is 0.0471. The highest BCUT2D eigenvalue weighted by Gasteiger charge is 2.11. The molecule has 0 atom stereocenters. The van der Waals surface area contributed by atoms with E-state index in [2.05, 4.69) is 11.9 Å². The first-order valence-corrected chi connectivity index (χ1v) is 10.9. The van der Waals surface area contributed by atoms with Crippen LogP contribution in [0.25, 0.3) is 12.2 Å². The first kappa shape index (κ1) is 23.7. The molecule has 3 rings (SSSR count). The molecule has 1 N–H and O–H groups in total. The fourth-order valence-electron chi connectivity index (χ4n) is 3.53. The van der Waals surface area contributed by atoms with Crippen LogP contribution in [-0.4, -0.2) is 11.9 Å². The van der Waals surface area contributed by atoms with E-state index < -0.39 is 0 Å². The minimum Gasteiger partial charge on any atom is -0.457 e. The van der Waals surface area contributed by atoms with Gasteiger partial charge < -0.3 is 10.1 Å². The van der Waals surface area contributed by atoms with E-state index in [9.17, 15) is 9.59 Å². The summed E-state index contributed by atoms with van der Waals surface area (Å²) in [5, 5.41) is 2.95. The van der Waals surface area contributed by atoms with Gasteiger partial charge in [0.1, 0.15) is 6.61 Å². The summed E-state index contributed by atoms with van der Waals surface area (Å²) in [7, 11) is 0. The number of ether oxygens (including phenoxy) is 1. The van der Waals surface area contributed by atoms with E-state index in [0.29, 0.717) is 17.7 Å². The van der Waals surface area contributed by atoms with E-state index in [-0.39, 0.29) is 18.5 Å². The van der Waals surface area contributed by atoms with Crippen LogP contribution < -0.4 is 5.32 Å². The average Bonchev–Trinajstić information content (AvgIpc) is 2.82. The molecule has 33 heavy (non-hydrogen) atoms. The molecule has 0 unspecified atom stereocenters. The van der Waals surface area contributed by atoms with Crippen molar-refractivity contribution < 1.29 is 14.3 Å². The first-order valence-electron chi connectivity index (χ1n) is 10.9. The third kappa shape index (κ3) is 6.30. The third-order valence-corrected chi connectivity index (χ3v) is 5.36. The van der Waals surface area contributed by atoms with Crippen molar-refractivity contribution in [2.24, 2.45) is 0 Å². The molecule has 0 aliphatic rings. The van der Waals surface area contributed by atoms with Crippen LogP contribution in [0.5, 0.6) is 0 Å². The molecular weight excluding hydrogens is 410 g/mol. The molecule has 4 heteroatoms. The molecule has 0 fully saturated rings. The number of aryl methyl sites for hydroxylation is 2. The number of carbonyl (C=O) groups excluding carboxylic acids is 2. The van der Waals surface area contributed by atoms with Gasteiger partial charge in [0.15, 0.2) is 0 Å². The SMILES string of the molecule is C=Cc1ccc(C(=O)NCc2ccc(COC(=O)c3ccc(C)cc3C)cc2)cc1/C=C\C. The van der Waals surface area contributed by atoms with Crippen molar-refractivity contribution in [3.63, 3.8) is 0 Å². The second-order valence-electron chi connectivity index (χ2n) is 7.94. The molecule has 3 aromatic carbocycles. The molecule has 0 aromatic heterocycles. The zero-order chi connectivity index (χ0) is 23.8. The van der Waals surface area contributed by atoms with Crippen molar-refractivity contribution in [3.8, 4) is 0 Å². The van der Waals surface area contributed by atoms with Crippen LogP contribution >= 0.6 is 0 Å². The summed E-state index contributed by atoms with van der Waals surface area (Å²) >= 11 is 0. The number of rotatable bonds is 8. The van der Waals surface area contributed by atoms with Crippen molar-refractivity contribution in [2.45, 2.75) is 33.9 Å². The Morgan fingerprint density at radius 3 is 2.33 bits per heavy atom. The van der Waals surface area contributed by atoms with Crippen molar-refractivity contribution >= 4 is 24.0 Å². The highest BCUT2D eigenvalue weighted by molar-refractivity contribution is 5.95. The van der Waals surface area contributed by atoms with Gasteiger partial charge >= 0.3 is 5.97 Å². The fraction of sp³-hybridized carbons (Fsp3) is 0.172. The molecule has 0 saturated heterocycles. The van der Waals surface area contributed by atoms with Crippen LogP contribution in [0, 0.1) is 13.8 Å². The number of esters is 1. The minimum absolute atomic E-state index is 0.136. The van der Waals surface area contributed by atoms with Crippen molar-refractivity contribution in [1.29, 1.82) is 0 Å². The Bertz CT molecular complexity index is 1190. The van der Waals surface area contributed by atoms with Crippen molar-refractivity contribution in [2.75, 3.05) is 0 Å². The lowest BCUT2D eigenvalue weighted by atomic mass is 10.0. The van der Waals surface area contributed by atoms with Crippen molar-refractivity contribution in [1.82, 2.24) is 5.32 Å². The van der Waals surface area contributed by atoms with Crippen LogP contribution in [0.1, 0.15) is 61.0 Å². The molecule has 0 heterocycles. The Kier molecular flexibility index (Phi) is 7.98. The van der Waals surface area contributed by atoms with Gasteiger partial charge in [0, 0.05) is 12.1 Å². The Hall–Kier alpha value is -3.92. The standard InChI is InChI=1S/C29H29NO3/c1-5-7-25-17-26(14-13-24(25)6-2)28(31)30-18-22-9-11-23(12-10-22)19-33-29(32)27-15-8-20(3)16-21(27)4/h5-17H,2,18-19H2,1,3-4H3,(H,30,31)/b7-5-. The lowest BCUT2D eigenvalue weighted by Gasteiger charge is -2.10. The zero-order valence-corrected chi connectivity index (χ0v) is 19.4. The van der Waals surface area contributed by atoms with Gasteiger partial charge in [-0.25, -0.2) is 4.79 Å². The van der Waals surface area contributed by atoms with Gasteiger partial charge in [-0.05, 0) is 66.8 Å². The van der Waals surface area contributed by atoms with E-state index in [1.165, 1.54) is 0 Å². The monoisotopic (exact) mass is 439 g/mol. The van der Waals surface area contributed by atoms with Gasteiger partial charge in [-0.15, -0.1) is 0 Å². The molecule has 0 saturated carbocycles. The third-order valence-electron chi connectivity index (χ3n) is 5.36. The van der Waals surface area contributed by atoms with Crippen LogP contribution in [0.2, 0.25) is 0 Å². The quantitative estimate of drug-likeness (QED) is 0.421. The van der Waals surface area contributed by atoms with E-state index >= 15 is 0 Å². The Labute approximate surface area is 195 Å². The Balaban J connectivity index is 1.55. The van der Waals surface area contributed by atoms with E-state index in [1.807, 2.05) is 81.5 Å². The van der Waals surface area contributed by atoms with Gasteiger partial charge in [-0.1, -0.05) is 72.8 Å².